The quantitative estimate of drug-likeness (QED) is 0.773. The molecule has 2 N–H and O–H groups in total. The van der Waals surface area contributed by atoms with Crippen LogP contribution in [0.5, 0.6) is 0 Å². The second-order valence-corrected chi connectivity index (χ2v) is 5.58. The zero-order valence-electron chi connectivity index (χ0n) is 12.6. The van der Waals surface area contributed by atoms with Crippen LogP contribution in [0.15, 0.2) is 24.3 Å². The molecule has 2 rings (SSSR count). The molecule has 1 aliphatic carbocycles. The van der Waals surface area contributed by atoms with Gasteiger partial charge in [0.05, 0.1) is 0 Å². The Balaban J connectivity index is 2.26. The van der Waals surface area contributed by atoms with E-state index in [-0.39, 0.29) is 11.7 Å². The van der Waals surface area contributed by atoms with Crippen molar-refractivity contribution in [2.24, 2.45) is 5.92 Å². The summed E-state index contributed by atoms with van der Waals surface area (Å²) in [6.07, 6.45) is 1.86. The summed E-state index contributed by atoms with van der Waals surface area (Å²) in [6, 6.07) is 6.32. The summed E-state index contributed by atoms with van der Waals surface area (Å²) >= 11 is 0. The highest BCUT2D eigenvalue weighted by atomic mass is 19.1. The van der Waals surface area contributed by atoms with Crippen molar-refractivity contribution in [3.63, 3.8) is 0 Å². The number of benzene rings is 1. The minimum absolute atomic E-state index is 0.151. The number of nitrogens with one attached hydrogen (secondary N) is 1. The Morgan fingerprint density at radius 3 is 2.67 bits per heavy atom. The number of likely N-dealkylation sites (N-methyl/N-ethyl adjacent to an activating group) is 2. The van der Waals surface area contributed by atoms with Crippen LogP contribution in [0.25, 0.3) is 0 Å². The molecule has 1 atom stereocenters. The first-order valence-corrected chi connectivity index (χ1v) is 7.52. The first kappa shape index (κ1) is 15.8. The van der Waals surface area contributed by atoms with Crippen LogP contribution in [-0.4, -0.2) is 36.2 Å². The smallest absolute Gasteiger partial charge is 0.326 e. The van der Waals surface area contributed by atoms with Crippen molar-refractivity contribution in [3.8, 4) is 0 Å². The van der Waals surface area contributed by atoms with Gasteiger partial charge in [-0.1, -0.05) is 13.0 Å². The van der Waals surface area contributed by atoms with Crippen LogP contribution in [0.4, 0.5) is 10.1 Å². The molecule has 4 nitrogen and oxygen atoms in total. The number of carboxylic acid groups (broad SMARTS) is 1. The lowest BCUT2D eigenvalue weighted by molar-refractivity contribution is -0.145. The van der Waals surface area contributed by atoms with Crippen LogP contribution in [-0.2, 0) is 4.79 Å². The largest absolute Gasteiger partial charge is 0.480 e. The van der Waals surface area contributed by atoms with Gasteiger partial charge in [-0.05, 0) is 50.4 Å². The molecule has 0 aliphatic heterocycles. The molecule has 5 heteroatoms. The van der Waals surface area contributed by atoms with Crippen LogP contribution in [0, 0.1) is 11.7 Å². The Morgan fingerprint density at radius 1 is 1.48 bits per heavy atom. The van der Waals surface area contributed by atoms with Crippen molar-refractivity contribution in [1.82, 2.24) is 5.32 Å². The highest BCUT2D eigenvalue weighted by molar-refractivity contribution is 5.81. The van der Waals surface area contributed by atoms with E-state index in [2.05, 4.69) is 5.32 Å². The Labute approximate surface area is 125 Å². The van der Waals surface area contributed by atoms with E-state index in [0.29, 0.717) is 19.6 Å². The molecule has 1 unspecified atom stereocenters. The molecule has 0 aromatic heterocycles. The van der Waals surface area contributed by atoms with Crippen LogP contribution in [0.2, 0.25) is 0 Å². The number of hydrogen-bond donors (Lipinski definition) is 2. The van der Waals surface area contributed by atoms with Crippen molar-refractivity contribution < 1.29 is 14.3 Å². The molecule has 116 valence electrons. The van der Waals surface area contributed by atoms with Crippen molar-refractivity contribution >= 4 is 11.7 Å². The Bertz CT molecular complexity index is 505. The Kier molecular flexibility index (Phi) is 4.83. The first-order valence-electron chi connectivity index (χ1n) is 7.52. The van der Waals surface area contributed by atoms with Gasteiger partial charge < -0.3 is 15.3 Å². The maximum Gasteiger partial charge on any atom is 0.326 e. The number of hydrogen-bond acceptors (Lipinski definition) is 3. The Hall–Kier alpha value is -1.62. The second-order valence-electron chi connectivity index (χ2n) is 5.58. The van der Waals surface area contributed by atoms with Gasteiger partial charge in [0.1, 0.15) is 11.4 Å². The maximum absolute atomic E-state index is 13.4. The molecular weight excluding hydrogens is 271 g/mol. The number of carboxylic acids is 1. The number of halogens is 1. The number of nitrogens with zero attached hydrogens (tertiary/aromatic N) is 1. The summed E-state index contributed by atoms with van der Waals surface area (Å²) in [5, 5.41) is 12.9. The summed E-state index contributed by atoms with van der Waals surface area (Å²) in [5.74, 6) is -0.971. The van der Waals surface area contributed by atoms with Gasteiger partial charge in [0, 0.05) is 18.8 Å². The molecule has 0 saturated heterocycles. The number of carbonyl (C=O) groups is 1. The van der Waals surface area contributed by atoms with Crippen LogP contribution in [0.3, 0.4) is 0 Å². The van der Waals surface area contributed by atoms with Crippen molar-refractivity contribution in [2.75, 3.05) is 24.5 Å². The fourth-order valence-electron chi connectivity index (χ4n) is 2.90. The molecule has 21 heavy (non-hydrogen) atoms. The zero-order chi connectivity index (χ0) is 15.5. The fourth-order valence-corrected chi connectivity index (χ4v) is 2.90. The van der Waals surface area contributed by atoms with Gasteiger partial charge in [-0.2, -0.15) is 0 Å². The number of rotatable bonds is 8. The molecular formula is C16H23FN2O2. The van der Waals surface area contributed by atoms with Gasteiger partial charge in [0.25, 0.3) is 0 Å². The van der Waals surface area contributed by atoms with Gasteiger partial charge in [0.2, 0.25) is 0 Å². The molecule has 0 bridgehead atoms. The van der Waals surface area contributed by atoms with E-state index >= 15 is 0 Å². The molecule has 0 spiro atoms. The molecule has 0 radical (unpaired) electrons. The SMILES string of the molecule is CCNC(CN(CC)c1cccc(F)c1)(C(=O)O)C1CC1. The summed E-state index contributed by atoms with van der Waals surface area (Å²) in [5.41, 5.74) is -0.224. The highest BCUT2D eigenvalue weighted by Crippen LogP contribution is 2.41. The molecule has 1 aliphatic rings. The topological polar surface area (TPSA) is 52.6 Å². The fraction of sp³-hybridized carbons (Fsp3) is 0.562. The molecule has 0 amide bonds. The monoisotopic (exact) mass is 294 g/mol. The minimum Gasteiger partial charge on any atom is -0.480 e. The third kappa shape index (κ3) is 3.35. The lowest BCUT2D eigenvalue weighted by Gasteiger charge is -2.36. The summed E-state index contributed by atoms with van der Waals surface area (Å²) < 4.78 is 13.4. The molecule has 1 saturated carbocycles. The van der Waals surface area contributed by atoms with E-state index in [0.717, 1.165) is 18.5 Å². The standard InChI is InChI=1S/C16H23FN2O2/c1-3-18-16(15(20)21,12-8-9-12)11-19(4-2)14-7-5-6-13(17)10-14/h5-7,10,12,18H,3-4,8-9,11H2,1-2H3,(H,20,21). The number of anilines is 1. The molecule has 0 heterocycles. The minimum atomic E-state index is -0.947. The van der Waals surface area contributed by atoms with E-state index < -0.39 is 11.5 Å². The van der Waals surface area contributed by atoms with Crippen molar-refractivity contribution in [2.45, 2.75) is 32.2 Å². The summed E-state index contributed by atoms with van der Waals surface area (Å²) in [7, 11) is 0. The maximum atomic E-state index is 13.4. The first-order chi connectivity index (χ1) is 10.0. The van der Waals surface area contributed by atoms with Crippen LogP contribution in [0.1, 0.15) is 26.7 Å². The van der Waals surface area contributed by atoms with Crippen molar-refractivity contribution in [3.05, 3.63) is 30.1 Å². The highest BCUT2D eigenvalue weighted by Gasteiger charge is 2.51. The average molecular weight is 294 g/mol. The van der Waals surface area contributed by atoms with E-state index in [1.54, 1.807) is 6.07 Å². The molecule has 1 fully saturated rings. The van der Waals surface area contributed by atoms with Crippen molar-refractivity contribution in [1.29, 1.82) is 0 Å². The van der Waals surface area contributed by atoms with Gasteiger partial charge >= 0.3 is 5.97 Å². The number of aliphatic carboxylic acids is 1. The van der Waals surface area contributed by atoms with E-state index in [4.69, 9.17) is 0 Å². The molecule has 1 aromatic carbocycles. The van der Waals surface area contributed by atoms with Gasteiger partial charge in [-0.15, -0.1) is 0 Å². The predicted molar refractivity (Wildman–Crippen MR) is 81.1 cm³/mol. The van der Waals surface area contributed by atoms with Gasteiger partial charge in [0.15, 0.2) is 0 Å². The third-order valence-electron chi connectivity index (χ3n) is 4.14. The third-order valence-corrected chi connectivity index (χ3v) is 4.14. The van der Waals surface area contributed by atoms with E-state index in [1.807, 2.05) is 24.8 Å². The van der Waals surface area contributed by atoms with Crippen LogP contribution < -0.4 is 10.2 Å². The summed E-state index contributed by atoms with van der Waals surface area (Å²) in [6.45, 7) is 5.45. The lowest BCUT2D eigenvalue weighted by atomic mass is 9.92. The van der Waals surface area contributed by atoms with E-state index in [1.165, 1.54) is 12.1 Å². The zero-order valence-corrected chi connectivity index (χ0v) is 12.6. The van der Waals surface area contributed by atoms with Crippen LogP contribution >= 0.6 is 0 Å². The predicted octanol–water partition coefficient (Wildman–Crippen LogP) is 2.49. The molecule has 1 aromatic rings. The van der Waals surface area contributed by atoms with Gasteiger partial charge in [-0.3, -0.25) is 4.79 Å². The van der Waals surface area contributed by atoms with E-state index in [9.17, 15) is 14.3 Å². The van der Waals surface area contributed by atoms with Gasteiger partial charge in [-0.25, -0.2) is 4.39 Å². The average Bonchev–Trinajstić information content (AvgIpc) is 3.28. The lowest BCUT2D eigenvalue weighted by Crippen LogP contribution is -2.61. The Morgan fingerprint density at radius 2 is 2.19 bits per heavy atom. The second kappa shape index (κ2) is 6.43. The summed E-state index contributed by atoms with van der Waals surface area (Å²) in [4.78, 5) is 13.8. The normalized spacial score (nSPS) is 17.3.